The van der Waals surface area contributed by atoms with Crippen LogP contribution in [0.2, 0.25) is 0 Å². The Labute approximate surface area is 152 Å². The minimum absolute atomic E-state index is 0.104. The maximum Gasteiger partial charge on any atom is 0.155 e. The largest absolute Gasteiger partial charge is 0.393 e. The molecule has 0 saturated heterocycles. The number of ketones is 1. The molecule has 2 nitrogen and oxygen atoms in total. The molecule has 1 spiro atoms. The summed E-state index contributed by atoms with van der Waals surface area (Å²) in [5.41, 5.74) is 2.36. The Hall–Kier alpha value is -0.630. The fraction of sp³-hybridized carbons (Fsp3) is 0.870. The number of allylic oxidation sites excluding steroid dienone is 1. The molecule has 0 aromatic carbocycles. The Morgan fingerprint density at radius 1 is 1.36 bits per heavy atom. The molecule has 1 unspecified atom stereocenters. The van der Waals surface area contributed by atoms with Crippen LogP contribution in [0.3, 0.4) is 0 Å². The van der Waals surface area contributed by atoms with Crippen LogP contribution >= 0.6 is 0 Å². The molecule has 0 bridgehead atoms. The normalized spacial score (nSPS) is 54.7. The van der Waals surface area contributed by atoms with E-state index in [4.69, 9.17) is 0 Å². The molecule has 0 aliphatic heterocycles. The van der Waals surface area contributed by atoms with E-state index in [9.17, 15) is 9.90 Å². The van der Waals surface area contributed by atoms with Crippen LogP contribution in [-0.2, 0) is 4.79 Å². The number of rotatable bonds is 2. The smallest absolute Gasteiger partial charge is 0.155 e. The molecular weight excluding hydrogens is 308 g/mol. The summed E-state index contributed by atoms with van der Waals surface area (Å²) in [6.07, 6.45) is 11.2. The van der Waals surface area contributed by atoms with Crippen LogP contribution in [-0.4, -0.2) is 17.0 Å². The van der Waals surface area contributed by atoms with Crippen molar-refractivity contribution in [2.24, 2.45) is 46.3 Å². The van der Waals surface area contributed by atoms with Crippen LogP contribution in [0.25, 0.3) is 0 Å². The molecule has 0 amide bonds. The average molecular weight is 343 g/mol. The summed E-state index contributed by atoms with van der Waals surface area (Å²) in [5.74, 6) is 4.80. The van der Waals surface area contributed by atoms with Crippen LogP contribution in [0, 0.1) is 46.3 Å². The highest BCUT2D eigenvalue weighted by Crippen LogP contribution is 2.84. The molecule has 138 valence electrons. The summed E-state index contributed by atoms with van der Waals surface area (Å²) < 4.78 is 0. The van der Waals surface area contributed by atoms with Crippen molar-refractivity contribution in [3.8, 4) is 0 Å². The highest BCUT2D eigenvalue weighted by molar-refractivity contribution is 5.91. The van der Waals surface area contributed by atoms with E-state index in [2.05, 4.69) is 20.8 Å². The van der Waals surface area contributed by atoms with E-state index in [1.807, 2.05) is 6.08 Å². The van der Waals surface area contributed by atoms with Crippen molar-refractivity contribution in [2.45, 2.75) is 78.2 Å². The number of aliphatic hydroxyl groups excluding tert-OH is 1. The quantitative estimate of drug-likeness (QED) is 0.785. The van der Waals surface area contributed by atoms with E-state index in [-0.39, 0.29) is 6.10 Å². The van der Waals surface area contributed by atoms with Crippen molar-refractivity contribution in [1.82, 2.24) is 0 Å². The van der Waals surface area contributed by atoms with Crippen molar-refractivity contribution in [3.63, 3.8) is 0 Å². The first kappa shape index (κ1) is 16.5. The van der Waals surface area contributed by atoms with E-state index in [1.54, 1.807) is 0 Å². The maximum absolute atomic E-state index is 11.9. The van der Waals surface area contributed by atoms with Gasteiger partial charge in [-0.3, -0.25) is 4.79 Å². The Bertz CT molecular complexity index is 636. The van der Waals surface area contributed by atoms with Crippen LogP contribution < -0.4 is 0 Å². The number of carbonyl (C=O) groups is 1. The second kappa shape index (κ2) is 5.21. The lowest BCUT2D eigenvalue weighted by Gasteiger charge is -2.58. The lowest BCUT2D eigenvalue weighted by molar-refractivity contribution is -0.118. The minimum atomic E-state index is -0.104. The molecule has 5 aliphatic carbocycles. The van der Waals surface area contributed by atoms with Gasteiger partial charge in [0.25, 0.3) is 0 Å². The predicted molar refractivity (Wildman–Crippen MR) is 98.9 cm³/mol. The third-order valence-electron chi connectivity index (χ3n) is 9.72. The molecule has 5 rings (SSSR count). The lowest BCUT2D eigenvalue weighted by Crippen LogP contribution is -2.53. The fourth-order valence-electron chi connectivity index (χ4n) is 8.80. The lowest BCUT2D eigenvalue weighted by atomic mass is 9.46. The van der Waals surface area contributed by atoms with Crippen LogP contribution in [0.4, 0.5) is 0 Å². The zero-order valence-electron chi connectivity index (χ0n) is 16.1. The summed E-state index contributed by atoms with van der Waals surface area (Å²) in [5, 5.41) is 10.7. The third kappa shape index (κ3) is 1.93. The van der Waals surface area contributed by atoms with Gasteiger partial charge in [0.2, 0.25) is 0 Å². The van der Waals surface area contributed by atoms with Gasteiger partial charge in [-0.2, -0.15) is 0 Å². The third-order valence-corrected chi connectivity index (χ3v) is 9.72. The van der Waals surface area contributed by atoms with Crippen LogP contribution in [0.15, 0.2) is 11.6 Å². The molecule has 0 heterocycles. The highest BCUT2D eigenvalue weighted by atomic mass is 16.3. The average Bonchev–Trinajstić information content (AvgIpc) is 3.23. The monoisotopic (exact) mass is 342 g/mol. The SMILES string of the molecule is CCC(O)[C@@H]1C[C@H]2C[C@]23[C@H]2[C@H](CC[C@]13C)[C@H]1CCC(=O)C=C1C[C@H]2C. The van der Waals surface area contributed by atoms with Crippen molar-refractivity contribution < 1.29 is 9.90 Å². The zero-order chi connectivity index (χ0) is 17.6. The second-order valence-electron chi connectivity index (χ2n) is 10.4. The number of fused-ring (bicyclic) bond motifs is 3. The molecule has 5 aliphatic rings. The predicted octanol–water partition coefficient (Wildman–Crippen LogP) is 4.76. The van der Waals surface area contributed by atoms with Gasteiger partial charge < -0.3 is 5.11 Å². The van der Waals surface area contributed by atoms with Gasteiger partial charge in [-0.25, -0.2) is 0 Å². The van der Waals surface area contributed by atoms with Crippen molar-refractivity contribution in [3.05, 3.63) is 11.6 Å². The van der Waals surface area contributed by atoms with Gasteiger partial charge >= 0.3 is 0 Å². The Morgan fingerprint density at radius 2 is 2.16 bits per heavy atom. The summed E-state index contributed by atoms with van der Waals surface area (Å²) in [6.45, 7) is 7.16. The number of hydrogen-bond acceptors (Lipinski definition) is 2. The molecule has 2 heteroatoms. The molecule has 9 atom stereocenters. The molecule has 1 N–H and O–H groups in total. The van der Waals surface area contributed by atoms with Crippen molar-refractivity contribution >= 4 is 5.78 Å². The molecule has 0 radical (unpaired) electrons. The zero-order valence-corrected chi connectivity index (χ0v) is 16.1. The first-order chi connectivity index (χ1) is 11.9. The first-order valence-electron chi connectivity index (χ1n) is 10.8. The Balaban J connectivity index is 1.52. The van der Waals surface area contributed by atoms with Gasteiger partial charge in [-0.15, -0.1) is 0 Å². The van der Waals surface area contributed by atoms with Gasteiger partial charge in [-0.05, 0) is 97.4 Å². The van der Waals surface area contributed by atoms with Crippen LogP contribution in [0.5, 0.6) is 0 Å². The fourth-order valence-corrected chi connectivity index (χ4v) is 8.80. The molecule has 0 aromatic rings. The Kier molecular flexibility index (Phi) is 3.45. The molecule has 4 fully saturated rings. The molecule has 0 aromatic heterocycles. The number of aliphatic hydroxyl groups is 1. The summed E-state index contributed by atoms with van der Waals surface area (Å²) >= 11 is 0. The van der Waals surface area contributed by atoms with E-state index in [1.165, 1.54) is 31.3 Å². The van der Waals surface area contributed by atoms with Crippen LogP contribution in [0.1, 0.15) is 72.1 Å². The van der Waals surface area contributed by atoms with Gasteiger partial charge in [0.15, 0.2) is 5.78 Å². The van der Waals surface area contributed by atoms with E-state index < -0.39 is 0 Å². The van der Waals surface area contributed by atoms with Gasteiger partial charge in [-0.1, -0.05) is 26.3 Å². The molecule has 25 heavy (non-hydrogen) atoms. The molecular formula is C23H34O2. The van der Waals surface area contributed by atoms with Crippen molar-refractivity contribution in [2.75, 3.05) is 0 Å². The van der Waals surface area contributed by atoms with E-state index >= 15 is 0 Å². The minimum Gasteiger partial charge on any atom is -0.393 e. The maximum atomic E-state index is 11.9. The standard InChI is InChI=1S/C23H34O2/c1-4-20(25)19-11-15-12-23(15)21-13(2)9-14-10-16(24)5-6-17(14)18(21)7-8-22(19,23)3/h10,13,15,17-21,25H,4-9,11-12H2,1-3H3/t13-,15+,17+,18-,19+,20?,21-,22-,23-/m1/s1. The van der Waals surface area contributed by atoms with Gasteiger partial charge in [0.05, 0.1) is 6.10 Å². The molecule has 4 saturated carbocycles. The summed E-state index contributed by atoms with van der Waals surface area (Å²) in [4.78, 5) is 11.9. The second-order valence-corrected chi connectivity index (χ2v) is 10.4. The Morgan fingerprint density at radius 3 is 2.92 bits per heavy atom. The summed E-state index contributed by atoms with van der Waals surface area (Å²) in [7, 11) is 0. The van der Waals surface area contributed by atoms with Gasteiger partial charge in [0, 0.05) is 6.42 Å². The topological polar surface area (TPSA) is 37.3 Å². The van der Waals surface area contributed by atoms with Gasteiger partial charge in [0.1, 0.15) is 0 Å². The van der Waals surface area contributed by atoms with E-state index in [0.717, 1.165) is 43.4 Å². The summed E-state index contributed by atoms with van der Waals surface area (Å²) in [6, 6.07) is 0. The number of carbonyl (C=O) groups excluding carboxylic acids is 1. The highest BCUT2D eigenvalue weighted by Gasteiger charge is 2.78. The number of hydrogen-bond donors (Lipinski definition) is 1. The first-order valence-corrected chi connectivity index (χ1v) is 10.8. The van der Waals surface area contributed by atoms with Crippen molar-refractivity contribution in [1.29, 1.82) is 0 Å². The van der Waals surface area contributed by atoms with E-state index in [0.29, 0.717) is 34.4 Å².